The molecule has 0 unspecified atom stereocenters. The average Bonchev–Trinajstić information content (AvgIpc) is 2.98. The van der Waals surface area contributed by atoms with Gasteiger partial charge in [-0.05, 0) is 19.3 Å². The van der Waals surface area contributed by atoms with Crippen LogP contribution in [0.4, 0.5) is 0 Å². The van der Waals surface area contributed by atoms with Crippen LogP contribution in [0.2, 0.25) is 0 Å². The molecule has 1 amide bonds. The molecule has 0 heterocycles. The second kappa shape index (κ2) is 6.76. The second-order valence-corrected chi connectivity index (χ2v) is 3.92. The smallest absolute Gasteiger partial charge is 0.234 e. The van der Waals surface area contributed by atoms with E-state index < -0.39 is 0 Å². The molecule has 0 aromatic heterocycles. The summed E-state index contributed by atoms with van der Waals surface area (Å²) < 4.78 is 0. The molecule has 5 nitrogen and oxygen atoms in total. The van der Waals surface area contributed by atoms with Crippen LogP contribution in [0, 0.1) is 0 Å². The Balaban J connectivity index is 2.18. The van der Waals surface area contributed by atoms with Gasteiger partial charge in [-0.2, -0.15) is 0 Å². The maximum absolute atomic E-state index is 11.4. The summed E-state index contributed by atoms with van der Waals surface area (Å²) in [5, 5.41) is 20.4. The Bertz CT molecular complexity index is 195. The fraction of sp³-hybridized carbons (Fsp3) is 0.900. The van der Waals surface area contributed by atoms with Crippen molar-refractivity contribution in [2.75, 3.05) is 32.8 Å². The molecule has 0 bridgehead atoms. The Morgan fingerprint density at radius 3 is 2.53 bits per heavy atom. The van der Waals surface area contributed by atoms with E-state index in [-0.39, 0.29) is 19.1 Å². The normalized spacial score (nSPS) is 15.7. The number of hydrogen-bond donors (Lipinski definition) is 3. The monoisotopic (exact) mass is 216 g/mol. The van der Waals surface area contributed by atoms with Crippen molar-refractivity contribution in [1.29, 1.82) is 0 Å². The van der Waals surface area contributed by atoms with Gasteiger partial charge in [0.2, 0.25) is 5.91 Å². The van der Waals surface area contributed by atoms with Gasteiger partial charge in [-0.3, -0.25) is 9.69 Å². The van der Waals surface area contributed by atoms with Crippen LogP contribution in [0.15, 0.2) is 0 Å². The predicted octanol–water partition coefficient (Wildman–Crippen LogP) is -1.06. The first-order valence-electron chi connectivity index (χ1n) is 5.49. The number of carbonyl (C=O) groups is 1. The van der Waals surface area contributed by atoms with Gasteiger partial charge in [-0.15, -0.1) is 0 Å². The lowest BCUT2D eigenvalue weighted by Crippen LogP contribution is -2.40. The molecule has 1 fully saturated rings. The molecule has 88 valence electrons. The SMILES string of the molecule is O=C(CN(CCO)CCCO)NC1CC1. The number of amides is 1. The summed E-state index contributed by atoms with van der Waals surface area (Å²) in [7, 11) is 0. The highest BCUT2D eigenvalue weighted by atomic mass is 16.3. The van der Waals surface area contributed by atoms with Crippen LogP contribution in [0.5, 0.6) is 0 Å². The van der Waals surface area contributed by atoms with Crippen molar-refractivity contribution in [3.63, 3.8) is 0 Å². The summed E-state index contributed by atoms with van der Waals surface area (Å²) in [4.78, 5) is 13.3. The molecule has 1 saturated carbocycles. The van der Waals surface area contributed by atoms with Gasteiger partial charge in [-0.1, -0.05) is 0 Å². The molecule has 5 heteroatoms. The van der Waals surface area contributed by atoms with Crippen molar-refractivity contribution in [2.24, 2.45) is 0 Å². The van der Waals surface area contributed by atoms with E-state index in [1.54, 1.807) is 0 Å². The van der Waals surface area contributed by atoms with Crippen molar-refractivity contribution >= 4 is 5.91 Å². The van der Waals surface area contributed by atoms with Gasteiger partial charge in [0.1, 0.15) is 0 Å². The van der Waals surface area contributed by atoms with Gasteiger partial charge >= 0.3 is 0 Å². The number of rotatable bonds is 8. The van der Waals surface area contributed by atoms with Gasteiger partial charge in [-0.25, -0.2) is 0 Å². The number of carbonyl (C=O) groups excluding carboxylic acids is 1. The molecular formula is C10H20N2O3. The molecule has 3 N–H and O–H groups in total. The van der Waals surface area contributed by atoms with E-state index in [0.29, 0.717) is 32.1 Å². The predicted molar refractivity (Wildman–Crippen MR) is 56.4 cm³/mol. The Morgan fingerprint density at radius 2 is 2.00 bits per heavy atom. The summed E-state index contributed by atoms with van der Waals surface area (Å²) in [6.07, 6.45) is 2.81. The van der Waals surface area contributed by atoms with E-state index in [9.17, 15) is 4.79 Å². The summed E-state index contributed by atoms with van der Waals surface area (Å²) in [5.41, 5.74) is 0. The summed E-state index contributed by atoms with van der Waals surface area (Å²) >= 11 is 0. The first-order valence-corrected chi connectivity index (χ1v) is 5.49. The van der Waals surface area contributed by atoms with Crippen LogP contribution < -0.4 is 5.32 Å². The summed E-state index contributed by atoms with van der Waals surface area (Å²) in [5.74, 6) is 0.0175. The Kier molecular flexibility index (Phi) is 5.60. The van der Waals surface area contributed by atoms with Crippen molar-refractivity contribution in [3.05, 3.63) is 0 Å². The standard InChI is InChI=1S/C10H20N2O3/c13-6-1-4-12(5-7-14)8-10(15)11-9-2-3-9/h9,13-14H,1-8H2,(H,11,15). The largest absolute Gasteiger partial charge is 0.396 e. The maximum Gasteiger partial charge on any atom is 0.234 e. The molecule has 0 aromatic carbocycles. The second-order valence-electron chi connectivity index (χ2n) is 3.92. The van der Waals surface area contributed by atoms with Crippen LogP contribution >= 0.6 is 0 Å². The van der Waals surface area contributed by atoms with E-state index in [2.05, 4.69) is 5.32 Å². The molecule has 0 saturated heterocycles. The first kappa shape index (κ1) is 12.4. The molecule has 0 atom stereocenters. The number of aliphatic hydroxyl groups is 2. The minimum absolute atomic E-state index is 0.0175. The van der Waals surface area contributed by atoms with Gasteiger partial charge in [0.15, 0.2) is 0 Å². The molecule has 15 heavy (non-hydrogen) atoms. The molecule has 0 aromatic rings. The van der Waals surface area contributed by atoms with E-state index in [1.165, 1.54) is 0 Å². The van der Waals surface area contributed by atoms with Crippen LogP contribution in [-0.4, -0.2) is 59.9 Å². The van der Waals surface area contributed by atoms with Crippen molar-refractivity contribution in [3.8, 4) is 0 Å². The third-order valence-corrected chi connectivity index (χ3v) is 2.36. The highest BCUT2D eigenvalue weighted by Crippen LogP contribution is 2.18. The zero-order valence-electron chi connectivity index (χ0n) is 8.98. The van der Waals surface area contributed by atoms with Gasteiger partial charge < -0.3 is 15.5 Å². The molecule has 1 aliphatic carbocycles. The molecular weight excluding hydrogens is 196 g/mol. The highest BCUT2D eigenvalue weighted by Gasteiger charge is 2.23. The minimum Gasteiger partial charge on any atom is -0.396 e. The molecule has 0 spiro atoms. The third-order valence-electron chi connectivity index (χ3n) is 2.36. The van der Waals surface area contributed by atoms with E-state index in [0.717, 1.165) is 12.8 Å². The molecule has 0 aliphatic heterocycles. The molecule has 1 rings (SSSR count). The lowest BCUT2D eigenvalue weighted by molar-refractivity contribution is -0.122. The van der Waals surface area contributed by atoms with Gasteiger partial charge in [0, 0.05) is 25.7 Å². The summed E-state index contributed by atoms with van der Waals surface area (Å²) in [6.45, 7) is 1.61. The average molecular weight is 216 g/mol. The molecule has 1 aliphatic rings. The lowest BCUT2D eigenvalue weighted by Gasteiger charge is -2.20. The third kappa shape index (κ3) is 5.71. The minimum atomic E-state index is 0.0175. The topological polar surface area (TPSA) is 72.8 Å². The van der Waals surface area contributed by atoms with Gasteiger partial charge in [0.05, 0.1) is 13.2 Å². The van der Waals surface area contributed by atoms with Gasteiger partial charge in [0.25, 0.3) is 0 Å². The van der Waals surface area contributed by atoms with Crippen LogP contribution in [0.25, 0.3) is 0 Å². The van der Waals surface area contributed by atoms with Crippen LogP contribution in [0.3, 0.4) is 0 Å². The first-order chi connectivity index (χ1) is 7.26. The lowest BCUT2D eigenvalue weighted by atomic mass is 10.3. The fourth-order valence-electron chi connectivity index (χ4n) is 1.41. The Morgan fingerprint density at radius 1 is 1.27 bits per heavy atom. The van der Waals surface area contributed by atoms with Crippen LogP contribution in [0.1, 0.15) is 19.3 Å². The quantitative estimate of drug-likeness (QED) is 0.484. The number of aliphatic hydroxyl groups excluding tert-OH is 2. The van der Waals surface area contributed by atoms with Crippen molar-refractivity contribution in [2.45, 2.75) is 25.3 Å². The summed E-state index contributed by atoms with van der Waals surface area (Å²) in [6, 6.07) is 0.381. The maximum atomic E-state index is 11.4. The number of nitrogens with zero attached hydrogens (tertiary/aromatic N) is 1. The Hall–Kier alpha value is -0.650. The Labute approximate surface area is 90.1 Å². The zero-order valence-corrected chi connectivity index (χ0v) is 8.98. The van der Waals surface area contributed by atoms with E-state index in [1.807, 2.05) is 4.90 Å². The van der Waals surface area contributed by atoms with Crippen molar-refractivity contribution in [1.82, 2.24) is 10.2 Å². The van der Waals surface area contributed by atoms with E-state index >= 15 is 0 Å². The number of nitrogens with one attached hydrogen (secondary N) is 1. The zero-order chi connectivity index (χ0) is 11.1. The van der Waals surface area contributed by atoms with Crippen molar-refractivity contribution < 1.29 is 15.0 Å². The van der Waals surface area contributed by atoms with Crippen LogP contribution in [-0.2, 0) is 4.79 Å². The highest BCUT2D eigenvalue weighted by molar-refractivity contribution is 5.78. The molecule has 0 radical (unpaired) electrons. The van der Waals surface area contributed by atoms with E-state index in [4.69, 9.17) is 10.2 Å². The number of hydrogen-bond acceptors (Lipinski definition) is 4. The fourth-order valence-corrected chi connectivity index (χ4v) is 1.41.